The SMILES string of the molecule is CC(C)(C)OC(=O)N1CCC(NCc2cc(C(=O)O)cs2)C1. The molecule has 1 aromatic rings. The molecule has 1 amide bonds. The van der Waals surface area contributed by atoms with E-state index in [-0.39, 0.29) is 12.1 Å². The van der Waals surface area contributed by atoms with Crippen LogP contribution in [0, 0.1) is 0 Å². The number of nitrogens with zero attached hydrogens (tertiary/aromatic N) is 1. The molecule has 1 atom stereocenters. The number of carboxylic acids is 1. The van der Waals surface area contributed by atoms with Crippen molar-refractivity contribution in [1.82, 2.24) is 10.2 Å². The van der Waals surface area contributed by atoms with E-state index in [1.54, 1.807) is 16.3 Å². The highest BCUT2D eigenvalue weighted by Gasteiger charge is 2.29. The Hall–Kier alpha value is -1.60. The van der Waals surface area contributed by atoms with E-state index < -0.39 is 11.6 Å². The van der Waals surface area contributed by atoms with Gasteiger partial charge in [0.1, 0.15) is 5.60 Å². The molecule has 1 aromatic heterocycles. The third kappa shape index (κ3) is 4.71. The maximum absolute atomic E-state index is 12.0. The van der Waals surface area contributed by atoms with E-state index in [0.717, 1.165) is 11.3 Å². The van der Waals surface area contributed by atoms with Gasteiger partial charge in [0.05, 0.1) is 5.56 Å². The van der Waals surface area contributed by atoms with E-state index in [4.69, 9.17) is 9.84 Å². The highest BCUT2D eigenvalue weighted by Crippen LogP contribution is 2.18. The highest BCUT2D eigenvalue weighted by molar-refractivity contribution is 7.10. The lowest BCUT2D eigenvalue weighted by atomic mass is 10.2. The molecule has 1 aliphatic heterocycles. The minimum absolute atomic E-state index is 0.211. The number of hydrogen-bond donors (Lipinski definition) is 2. The highest BCUT2D eigenvalue weighted by atomic mass is 32.1. The molecule has 0 radical (unpaired) electrons. The molecule has 0 spiro atoms. The summed E-state index contributed by atoms with van der Waals surface area (Å²) in [6.07, 6.45) is 0.595. The first-order chi connectivity index (χ1) is 10.2. The summed E-state index contributed by atoms with van der Waals surface area (Å²) in [4.78, 5) is 25.5. The lowest BCUT2D eigenvalue weighted by Gasteiger charge is -2.24. The largest absolute Gasteiger partial charge is 0.478 e. The topological polar surface area (TPSA) is 78.9 Å². The van der Waals surface area contributed by atoms with Gasteiger partial charge < -0.3 is 20.1 Å². The zero-order valence-corrected chi connectivity index (χ0v) is 13.9. The molecule has 0 bridgehead atoms. The number of rotatable bonds is 4. The fraction of sp³-hybridized carbons (Fsp3) is 0.600. The Labute approximate surface area is 134 Å². The summed E-state index contributed by atoms with van der Waals surface area (Å²) in [7, 11) is 0. The predicted molar refractivity (Wildman–Crippen MR) is 84.3 cm³/mol. The molecular formula is C15H22N2O4S. The molecule has 122 valence electrons. The van der Waals surface area contributed by atoms with Gasteiger partial charge in [-0.1, -0.05) is 0 Å². The Morgan fingerprint density at radius 2 is 2.23 bits per heavy atom. The first kappa shape index (κ1) is 16.8. The minimum Gasteiger partial charge on any atom is -0.478 e. The van der Waals surface area contributed by atoms with Crippen LogP contribution in [0.3, 0.4) is 0 Å². The van der Waals surface area contributed by atoms with Gasteiger partial charge in [-0.3, -0.25) is 0 Å². The normalized spacial score (nSPS) is 18.5. The summed E-state index contributed by atoms with van der Waals surface area (Å²) < 4.78 is 5.36. The minimum atomic E-state index is -0.903. The summed E-state index contributed by atoms with van der Waals surface area (Å²) >= 11 is 1.43. The molecule has 6 nitrogen and oxygen atoms in total. The zero-order valence-electron chi connectivity index (χ0n) is 13.1. The number of carboxylic acid groups (broad SMARTS) is 1. The standard InChI is InChI=1S/C15H22N2O4S/c1-15(2,3)21-14(20)17-5-4-11(8-17)16-7-12-6-10(9-22-12)13(18)19/h6,9,11,16H,4-5,7-8H2,1-3H3,(H,18,19). The number of nitrogens with one attached hydrogen (secondary N) is 1. The average molecular weight is 326 g/mol. The number of carbonyl (C=O) groups excluding carboxylic acids is 1. The second-order valence-electron chi connectivity index (χ2n) is 6.40. The van der Waals surface area contributed by atoms with Crippen LogP contribution in [-0.2, 0) is 11.3 Å². The average Bonchev–Trinajstić information content (AvgIpc) is 3.04. The van der Waals surface area contributed by atoms with Crippen LogP contribution < -0.4 is 5.32 Å². The third-order valence-electron chi connectivity index (χ3n) is 3.31. The van der Waals surface area contributed by atoms with Gasteiger partial charge in [0.15, 0.2) is 0 Å². The summed E-state index contributed by atoms with van der Waals surface area (Å²) in [5, 5.41) is 13.9. The van der Waals surface area contributed by atoms with Crippen LogP contribution in [0.5, 0.6) is 0 Å². The predicted octanol–water partition coefficient (Wildman–Crippen LogP) is 2.55. The molecule has 2 heterocycles. The van der Waals surface area contributed by atoms with Crippen LogP contribution in [0.15, 0.2) is 11.4 Å². The summed E-state index contributed by atoms with van der Waals surface area (Å²) in [5.41, 5.74) is -0.157. The van der Waals surface area contributed by atoms with Crippen LogP contribution in [0.2, 0.25) is 0 Å². The van der Waals surface area contributed by atoms with Crippen LogP contribution in [-0.4, -0.2) is 46.8 Å². The molecule has 7 heteroatoms. The first-order valence-electron chi connectivity index (χ1n) is 7.26. The van der Waals surface area contributed by atoms with E-state index in [2.05, 4.69) is 5.32 Å². The van der Waals surface area contributed by atoms with Gasteiger partial charge in [-0.15, -0.1) is 11.3 Å². The van der Waals surface area contributed by atoms with Gasteiger partial charge in [0.25, 0.3) is 0 Å². The molecule has 0 saturated carbocycles. The maximum Gasteiger partial charge on any atom is 0.410 e. The quantitative estimate of drug-likeness (QED) is 0.889. The summed E-state index contributed by atoms with van der Waals surface area (Å²) in [5.74, 6) is -0.903. The van der Waals surface area contributed by atoms with Crippen LogP contribution in [0.25, 0.3) is 0 Å². The number of likely N-dealkylation sites (tertiary alicyclic amines) is 1. The summed E-state index contributed by atoms with van der Waals surface area (Å²) in [6.45, 7) is 7.48. The molecule has 0 aromatic carbocycles. The van der Waals surface area contributed by atoms with E-state index >= 15 is 0 Å². The lowest BCUT2D eigenvalue weighted by Crippen LogP contribution is -2.38. The molecular weight excluding hydrogens is 304 g/mol. The third-order valence-corrected chi connectivity index (χ3v) is 4.24. The van der Waals surface area contributed by atoms with Crippen LogP contribution >= 0.6 is 11.3 Å². The van der Waals surface area contributed by atoms with Gasteiger partial charge >= 0.3 is 12.1 Å². The Kier molecular flexibility index (Phi) is 5.08. The van der Waals surface area contributed by atoms with E-state index in [1.807, 2.05) is 20.8 Å². The van der Waals surface area contributed by atoms with E-state index in [1.165, 1.54) is 11.3 Å². The van der Waals surface area contributed by atoms with Gasteiger partial charge in [-0.05, 0) is 33.3 Å². The molecule has 0 aliphatic carbocycles. The van der Waals surface area contributed by atoms with Crippen molar-refractivity contribution in [2.75, 3.05) is 13.1 Å². The van der Waals surface area contributed by atoms with Crippen LogP contribution in [0.1, 0.15) is 42.4 Å². The van der Waals surface area contributed by atoms with Crippen molar-refractivity contribution in [2.24, 2.45) is 0 Å². The Morgan fingerprint density at radius 3 is 2.82 bits per heavy atom. The first-order valence-corrected chi connectivity index (χ1v) is 8.14. The van der Waals surface area contributed by atoms with E-state index in [0.29, 0.717) is 25.2 Å². The number of hydrogen-bond acceptors (Lipinski definition) is 5. The molecule has 1 fully saturated rings. The van der Waals surface area contributed by atoms with Crippen molar-refractivity contribution < 1.29 is 19.4 Å². The smallest absolute Gasteiger partial charge is 0.410 e. The van der Waals surface area contributed by atoms with Crippen LogP contribution in [0.4, 0.5) is 4.79 Å². The Balaban J connectivity index is 1.78. The number of carbonyl (C=O) groups is 2. The fourth-order valence-electron chi connectivity index (χ4n) is 2.25. The second kappa shape index (κ2) is 6.66. The van der Waals surface area contributed by atoms with Crippen molar-refractivity contribution in [3.05, 3.63) is 21.9 Å². The molecule has 1 saturated heterocycles. The van der Waals surface area contributed by atoms with Gasteiger partial charge in [-0.25, -0.2) is 9.59 Å². The number of thiophene rings is 1. The molecule has 1 aliphatic rings. The number of aromatic carboxylic acids is 1. The maximum atomic E-state index is 12.0. The van der Waals surface area contributed by atoms with Crippen molar-refractivity contribution in [1.29, 1.82) is 0 Å². The number of amides is 1. The van der Waals surface area contributed by atoms with Crippen molar-refractivity contribution in [2.45, 2.75) is 45.4 Å². The fourth-order valence-corrected chi connectivity index (χ4v) is 3.06. The van der Waals surface area contributed by atoms with Crippen molar-refractivity contribution >= 4 is 23.4 Å². The molecule has 2 rings (SSSR count). The van der Waals surface area contributed by atoms with Gasteiger partial charge in [-0.2, -0.15) is 0 Å². The lowest BCUT2D eigenvalue weighted by molar-refractivity contribution is 0.0290. The Bertz CT molecular complexity index is 550. The zero-order chi connectivity index (χ0) is 16.3. The van der Waals surface area contributed by atoms with Gasteiger partial charge in [0.2, 0.25) is 0 Å². The second-order valence-corrected chi connectivity index (χ2v) is 7.40. The molecule has 1 unspecified atom stereocenters. The number of ether oxygens (including phenoxy) is 1. The van der Waals surface area contributed by atoms with E-state index in [9.17, 15) is 9.59 Å². The molecule has 2 N–H and O–H groups in total. The summed E-state index contributed by atoms with van der Waals surface area (Å²) in [6, 6.07) is 1.89. The molecule has 22 heavy (non-hydrogen) atoms. The van der Waals surface area contributed by atoms with Gasteiger partial charge in [0, 0.05) is 35.9 Å². The Morgan fingerprint density at radius 1 is 1.50 bits per heavy atom. The monoisotopic (exact) mass is 326 g/mol. The van der Waals surface area contributed by atoms with Crippen molar-refractivity contribution in [3.63, 3.8) is 0 Å². The van der Waals surface area contributed by atoms with Crippen molar-refractivity contribution in [3.8, 4) is 0 Å².